The summed E-state index contributed by atoms with van der Waals surface area (Å²) in [6.45, 7) is 23.5. The third-order valence-electron chi connectivity index (χ3n) is 5.02. The first-order valence-electron chi connectivity index (χ1n) is 12.5. The summed E-state index contributed by atoms with van der Waals surface area (Å²) in [6, 6.07) is 6.25. The second-order valence-electron chi connectivity index (χ2n) is 7.77. The molecule has 0 radical (unpaired) electrons. The Hall–Kier alpha value is -2.19. The lowest BCUT2D eigenvalue weighted by Crippen LogP contribution is -2.35. The predicted molar refractivity (Wildman–Crippen MR) is 151 cm³/mol. The minimum Gasteiger partial charge on any atom is -0.395 e. The van der Waals surface area contributed by atoms with Crippen LogP contribution in [0.4, 0.5) is 0 Å². The lowest BCUT2D eigenvalue weighted by molar-refractivity contribution is -0.129. The fourth-order valence-corrected chi connectivity index (χ4v) is 3.03. The molecule has 2 heteroatoms. The van der Waals surface area contributed by atoms with Gasteiger partial charge >= 0.3 is 0 Å². The first-order chi connectivity index (χ1) is 15.7. The van der Waals surface area contributed by atoms with Gasteiger partial charge in [0.25, 0.3) is 0 Å². The van der Waals surface area contributed by atoms with Crippen LogP contribution < -0.4 is 0 Å². The van der Waals surface area contributed by atoms with Crippen molar-refractivity contribution in [2.75, 3.05) is 6.61 Å². The molecule has 188 valence electrons. The quantitative estimate of drug-likeness (QED) is 0.376. The van der Waals surface area contributed by atoms with Gasteiger partial charge in [0.05, 0.1) is 12.0 Å². The third-order valence-corrected chi connectivity index (χ3v) is 5.02. The van der Waals surface area contributed by atoms with E-state index < -0.39 is 5.41 Å². The maximum absolute atomic E-state index is 11.9. The minimum absolute atomic E-state index is 0.0606. The molecule has 0 saturated carbocycles. The molecule has 0 saturated heterocycles. The molecular formula is C31H52O2. The molecule has 33 heavy (non-hydrogen) atoms. The molecular weight excluding hydrogens is 404 g/mol. The number of aliphatic hydroxyl groups is 1. The van der Waals surface area contributed by atoms with E-state index in [1.54, 1.807) is 6.92 Å². The summed E-state index contributed by atoms with van der Waals surface area (Å²) in [6.07, 6.45) is 15.6. The molecule has 0 heterocycles. The van der Waals surface area contributed by atoms with E-state index in [1.165, 1.54) is 17.6 Å². The van der Waals surface area contributed by atoms with Crippen LogP contribution in [0.25, 0.3) is 6.08 Å². The number of benzene rings is 1. The molecule has 1 rings (SSSR count). The molecule has 1 N–H and O–H groups in total. The van der Waals surface area contributed by atoms with Crippen LogP contribution >= 0.6 is 0 Å². The SMILES string of the molecule is C=C/C=C(\C=C/C)CC.CC.CC=Cc1ccc(C)cc1CC(CC)(CO)C(C)=O.CCC. The van der Waals surface area contributed by atoms with E-state index in [0.29, 0.717) is 12.8 Å². The zero-order valence-corrected chi connectivity index (χ0v) is 23.3. The van der Waals surface area contributed by atoms with Crippen molar-refractivity contribution in [1.82, 2.24) is 0 Å². The van der Waals surface area contributed by atoms with Crippen molar-refractivity contribution in [3.63, 3.8) is 0 Å². The smallest absolute Gasteiger partial charge is 0.138 e. The Balaban J connectivity index is -0.000000537. The van der Waals surface area contributed by atoms with Crippen LogP contribution in [0.2, 0.25) is 0 Å². The average Bonchev–Trinajstić information content (AvgIpc) is 2.81. The molecule has 0 bridgehead atoms. The summed E-state index contributed by atoms with van der Waals surface area (Å²) in [5.41, 5.74) is 4.11. The number of hydrogen-bond donors (Lipinski definition) is 1. The van der Waals surface area contributed by atoms with Gasteiger partial charge in [-0.15, -0.1) is 0 Å². The lowest BCUT2D eigenvalue weighted by atomic mass is 9.75. The summed E-state index contributed by atoms with van der Waals surface area (Å²) in [7, 11) is 0. The normalized spacial score (nSPS) is 12.5. The van der Waals surface area contributed by atoms with Crippen molar-refractivity contribution in [2.45, 2.75) is 94.9 Å². The van der Waals surface area contributed by atoms with Gasteiger partial charge in [0.15, 0.2) is 0 Å². The van der Waals surface area contributed by atoms with E-state index in [-0.39, 0.29) is 12.4 Å². The minimum atomic E-state index is -0.649. The Morgan fingerprint density at radius 2 is 1.67 bits per heavy atom. The van der Waals surface area contributed by atoms with Crippen LogP contribution in [0.15, 0.2) is 60.7 Å². The highest BCUT2D eigenvalue weighted by molar-refractivity contribution is 5.83. The predicted octanol–water partition coefficient (Wildman–Crippen LogP) is 9.08. The van der Waals surface area contributed by atoms with Crippen LogP contribution in [0, 0.1) is 12.3 Å². The number of aryl methyl sites for hydroxylation is 1. The number of rotatable bonds is 9. The maximum atomic E-state index is 11.9. The summed E-state index contributed by atoms with van der Waals surface area (Å²) < 4.78 is 0. The molecule has 0 fully saturated rings. The van der Waals surface area contributed by atoms with E-state index in [4.69, 9.17) is 0 Å². The van der Waals surface area contributed by atoms with Crippen molar-refractivity contribution in [1.29, 1.82) is 0 Å². The highest BCUT2D eigenvalue weighted by Gasteiger charge is 2.33. The molecule has 0 aromatic heterocycles. The zero-order valence-electron chi connectivity index (χ0n) is 23.3. The highest BCUT2D eigenvalue weighted by atomic mass is 16.3. The monoisotopic (exact) mass is 456 g/mol. The molecule has 1 atom stereocenters. The van der Waals surface area contributed by atoms with E-state index in [2.05, 4.69) is 51.6 Å². The van der Waals surface area contributed by atoms with Gasteiger partial charge in [-0.3, -0.25) is 4.79 Å². The zero-order chi connectivity index (χ0) is 26.3. The topological polar surface area (TPSA) is 37.3 Å². The third kappa shape index (κ3) is 15.3. The first kappa shape index (κ1) is 35.4. The van der Waals surface area contributed by atoms with Gasteiger partial charge in [0, 0.05) is 0 Å². The van der Waals surface area contributed by atoms with Crippen LogP contribution in [0.5, 0.6) is 0 Å². The molecule has 0 spiro atoms. The van der Waals surface area contributed by atoms with Crippen LogP contribution in [0.3, 0.4) is 0 Å². The molecule has 1 aromatic rings. The molecule has 0 aliphatic heterocycles. The van der Waals surface area contributed by atoms with Crippen molar-refractivity contribution in [3.05, 3.63) is 77.4 Å². The fraction of sp³-hybridized carbons (Fsp3) is 0.516. The second kappa shape index (κ2) is 23.0. The summed E-state index contributed by atoms with van der Waals surface area (Å²) in [5, 5.41) is 9.66. The van der Waals surface area contributed by atoms with E-state index in [9.17, 15) is 9.90 Å². The van der Waals surface area contributed by atoms with Gasteiger partial charge in [-0.2, -0.15) is 0 Å². The Morgan fingerprint density at radius 1 is 1.09 bits per heavy atom. The van der Waals surface area contributed by atoms with Crippen LogP contribution in [-0.2, 0) is 11.2 Å². The lowest BCUT2D eigenvalue weighted by Gasteiger charge is -2.28. The van der Waals surface area contributed by atoms with E-state index in [1.807, 2.05) is 71.9 Å². The van der Waals surface area contributed by atoms with Crippen LogP contribution in [-0.4, -0.2) is 17.5 Å². The first-order valence-corrected chi connectivity index (χ1v) is 12.5. The van der Waals surface area contributed by atoms with Gasteiger partial charge in [-0.25, -0.2) is 0 Å². The Kier molecular flexibility index (Phi) is 24.7. The highest BCUT2D eigenvalue weighted by Crippen LogP contribution is 2.30. The fourth-order valence-electron chi connectivity index (χ4n) is 3.03. The van der Waals surface area contributed by atoms with Gasteiger partial charge < -0.3 is 5.11 Å². The summed E-state index contributed by atoms with van der Waals surface area (Å²) in [4.78, 5) is 11.9. The average molecular weight is 457 g/mol. The summed E-state index contributed by atoms with van der Waals surface area (Å²) in [5.74, 6) is 0.0606. The standard InChI is InChI=1S/C17H24O2.C9H14.C3H8.C2H6/c1-5-7-15-9-8-13(3)10-16(15)11-17(6-2,12-18)14(4)19;1-4-7-9(6-3)8-5-2;1-3-2;1-2/h5,7-10,18H,6,11-12H2,1-4H3;4-5,7-8H,1,6H2,2-3H3;3H2,1-2H3;1-2H3/b;8-5-,9-7-;;. The Bertz CT molecular complexity index is 716. The summed E-state index contributed by atoms with van der Waals surface area (Å²) >= 11 is 0. The van der Waals surface area contributed by atoms with Crippen molar-refractivity contribution in [3.8, 4) is 0 Å². The van der Waals surface area contributed by atoms with Crippen LogP contribution in [0.1, 0.15) is 98.3 Å². The number of allylic oxidation sites excluding steroid dienone is 6. The molecule has 0 aliphatic rings. The van der Waals surface area contributed by atoms with Gasteiger partial charge in [0.1, 0.15) is 5.78 Å². The van der Waals surface area contributed by atoms with Crippen molar-refractivity contribution in [2.24, 2.45) is 5.41 Å². The largest absolute Gasteiger partial charge is 0.395 e. The van der Waals surface area contributed by atoms with Gasteiger partial charge in [-0.05, 0) is 63.7 Å². The molecule has 1 aromatic carbocycles. The number of aliphatic hydroxyl groups excluding tert-OH is 1. The molecule has 2 nitrogen and oxygen atoms in total. The van der Waals surface area contributed by atoms with E-state index >= 15 is 0 Å². The number of carbonyl (C=O) groups is 1. The Morgan fingerprint density at radius 3 is 2.03 bits per heavy atom. The number of ketones is 1. The number of hydrogen-bond acceptors (Lipinski definition) is 2. The molecule has 0 amide bonds. The maximum Gasteiger partial charge on any atom is 0.138 e. The van der Waals surface area contributed by atoms with Gasteiger partial charge in [0.2, 0.25) is 0 Å². The van der Waals surface area contributed by atoms with Gasteiger partial charge in [-0.1, -0.05) is 115 Å². The molecule has 0 aliphatic carbocycles. The van der Waals surface area contributed by atoms with Crippen molar-refractivity contribution >= 4 is 11.9 Å². The molecule has 1 unspecified atom stereocenters. The second-order valence-corrected chi connectivity index (χ2v) is 7.77. The van der Waals surface area contributed by atoms with E-state index in [0.717, 1.165) is 17.5 Å². The number of Topliss-reactive ketones (excluding diaryl/α,β-unsaturated/α-hetero) is 1. The van der Waals surface area contributed by atoms with Crippen molar-refractivity contribution < 1.29 is 9.90 Å². The Labute approximate surface area is 206 Å². The number of carbonyl (C=O) groups excluding carboxylic acids is 1.